The van der Waals surface area contributed by atoms with Gasteiger partial charge in [0.25, 0.3) is 0 Å². The van der Waals surface area contributed by atoms with Gasteiger partial charge in [-0.25, -0.2) is 9.37 Å². The average Bonchev–Trinajstić information content (AvgIpc) is 1.80. The Hall–Kier alpha value is -0.830. The van der Waals surface area contributed by atoms with Crippen molar-refractivity contribution in [3.05, 3.63) is 23.1 Å². The molecular formula is C5H4ClFN2. The third-order valence-electron chi connectivity index (χ3n) is 0.830. The molecule has 0 aliphatic rings. The van der Waals surface area contributed by atoms with Gasteiger partial charge in [0.05, 0.1) is 11.2 Å². The normalized spacial score (nSPS) is 9.56. The summed E-state index contributed by atoms with van der Waals surface area (Å²) in [6, 6.07) is 1.26. The Labute approximate surface area is 56.5 Å². The fourth-order valence-corrected chi connectivity index (χ4v) is 0.590. The Morgan fingerprint density at radius 2 is 2.33 bits per heavy atom. The van der Waals surface area contributed by atoms with Gasteiger partial charge in [-0.2, -0.15) is 0 Å². The van der Waals surface area contributed by atoms with Crippen LogP contribution in [0.3, 0.4) is 0 Å². The molecule has 0 saturated heterocycles. The molecule has 0 radical (unpaired) electrons. The Balaban J connectivity index is 3.17. The first kappa shape index (κ1) is 6.29. The van der Waals surface area contributed by atoms with Gasteiger partial charge in [0.2, 0.25) is 0 Å². The molecule has 0 unspecified atom stereocenters. The van der Waals surface area contributed by atoms with Gasteiger partial charge in [0.15, 0.2) is 5.82 Å². The minimum Gasteiger partial charge on any atom is -0.384 e. The lowest BCUT2D eigenvalue weighted by Crippen LogP contribution is -1.89. The zero-order valence-electron chi connectivity index (χ0n) is 4.44. The quantitative estimate of drug-likeness (QED) is 0.602. The number of hydrogen-bond acceptors (Lipinski definition) is 2. The predicted octanol–water partition coefficient (Wildman–Crippen LogP) is 1.46. The van der Waals surface area contributed by atoms with Gasteiger partial charge in [-0.05, 0) is 0 Å². The molecular weight excluding hydrogens is 143 g/mol. The first-order valence-corrected chi connectivity index (χ1v) is 2.64. The van der Waals surface area contributed by atoms with Crippen LogP contribution >= 0.6 is 11.6 Å². The van der Waals surface area contributed by atoms with Crippen LogP contribution in [0.15, 0.2) is 12.3 Å². The lowest BCUT2D eigenvalue weighted by molar-refractivity contribution is 0.622. The number of aromatic nitrogens is 1. The molecule has 4 heteroatoms. The van der Waals surface area contributed by atoms with Crippen molar-refractivity contribution in [3.63, 3.8) is 0 Å². The maximum atomic E-state index is 12.2. The van der Waals surface area contributed by atoms with Crippen LogP contribution in [-0.2, 0) is 0 Å². The lowest BCUT2D eigenvalue weighted by atomic mass is 10.4. The number of nitrogens with zero attached hydrogens (tertiary/aromatic N) is 1. The largest absolute Gasteiger partial charge is 0.384 e. The number of rotatable bonds is 0. The van der Waals surface area contributed by atoms with Gasteiger partial charge >= 0.3 is 0 Å². The topological polar surface area (TPSA) is 38.9 Å². The number of nitrogens with two attached hydrogens (primary N) is 1. The molecule has 0 fully saturated rings. The summed E-state index contributed by atoms with van der Waals surface area (Å²) in [5.41, 5.74) is 5.17. The Bertz CT molecular complexity index is 226. The zero-order chi connectivity index (χ0) is 6.85. The second-order valence-corrected chi connectivity index (χ2v) is 1.93. The molecule has 48 valence electrons. The van der Waals surface area contributed by atoms with Crippen molar-refractivity contribution in [2.45, 2.75) is 0 Å². The first-order valence-electron chi connectivity index (χ1n) is 2.26. The van der Waals surface area contributed by atoms with E-state index in [0.29, 0.717) is 0 Å². The van der Waals surface area contributed by atoms with Crippen LogP contribution in [0.2, 0.25) is 5.02 Å². The summed E-state index contributed by atoms with van der Waals surface area (Å²) in [6.07, 6.45) is 0.984. The SMILES string of the molecule is Nc1cc(Cl)c(F)cn1. The van der Waals surface area contributed by atoms with E-state index in [2.05, 4.69) is 4.98 Å². The van der Waals surface area contributed by atoms with Crippen LogP contribution in [0.1, 0.15) is 0 Å². The van der Waals surface area contributed by atoms with E-state index < -0.39 is 5.82 Å². The van der Waals surface area contributed by atoms with Crippen LogP contribution in [0.4, 0.5) is 10.2 Å². The van der Waals surface area contributed by atoms with Crippen LogP contribution in [-0.4, -0.2) is 4.98 Å². The number of halogens is 2. The second kappa shape index (κ2) is 2.19. The summed E-state index contributed by atoms with van der Waals surface area (Å²) in [7, 11) is 0. The summed E-state index contributed by atoms with van der Waals surface area (Å²) < 4.78 is 12.2. The van der Waals surface area contributed by atoms with Crippen molar-refractivity contribution in [1.82, 2.24) is 4.98 Å². The smallest absolute Gasteiger partial charge is 0.160 e. The van der Waals surface area contributed by atoms with Gasteiger partial charge < -0.3 is 5.73 Å². The van der Waals surface area contributed by atoms with E-state index in [4.69, 9.17) is 17.3 Å². The number of anilines is 1. The molecule has 0 saturated carbocycles. The van der Waals surface area contributed by atoms with E-state index in [1.165, 1.54) is 6.07 Å². The second-order valence-electron chi connectivity index (χ2n) is 1.52. The van der Waals surface area contributed by atoms with E-state index in [0.717, 1.165) is 6.20 Å². The minimum absolute atomic E-state index is 0.00231. The van der Waals surface area contributed by atoms with Crippen molar-refractivity contribution >= 4 is 17.4 Å². The first-order chi connectivity index (χ1) is 4.20. The van der Waals surface area contributed by atoms with Crippen LogP contribution in [0.25, 0.3) is 0 Å². The summed E-state index contributed by atoms with van der Waals surface area (Å²) >= 11 is 5.32. The molecule has 0 aliphatic carbocycles. The molecule has 1 aromatic rings. The van der Waals surface area contributed by atoms with E-state index in [-0.39, 0.29) is 10.8 Å². The van der Waals surface area contributed by atoms with Crippen molar-refractivity contribution in [1.29, 1.82) is 0 Å². The molecule has 0 aliphatic heterocycles. The molecule has 0 amide bonds. The third-order valence-corrected chi connectivity index (χ3v) is 1.12. The van der Waals surface area contributed by atoms with E-state index in [1.807, 2.05) is 0 Å². The average molecular weight is 147 g/mol. The monoisotopic (exact) mass is 146 g/mol. The molecule has 1 aromatic heterocycles. The van der Waals surface area contributed by atoms with E-state index in [1.54, 1.807) is 0 Å². The molecule has 0 aromatic carbocycles. The third kappa shape index (κ3) is 1.29. The fourth-order valence-electron chi connectivity index (χ4n) is 0.429. The van der Waals surface area contributed by atoms with Gasteiger partial charge in [0, 0.05) is 6.07 Å². The lowest BCUT2D eigenvalue weighted by Gasteiger charge is -1.92. The highest BCUT2D eigenvalue weighted by Crippen LogP contribution is 2.13. The van der Waals surface area contributed by atoms with Crippen molar-refractivity contribution < 1.29 is 4.39 Å². The highest BCUT2D eigenvalue weighted by atomic mass is 35.5. The molecule has 9 heavy (non-hydrogen) atoms. The van der Waals surface area contributed by atoms with Gasteiger partial charge in [-0.3, -0.25) is 0 Å². The Morgan fingerprint density at radius 1 is 1.67 bits per heavy atom. The molecule has 1 rings (SSSR count). The summed E-state index contributed by atoms with van der Waals surface area (Å²) in [6.45, 7) is 0. The molecule has 2 nitrogen and oxygen atoms in total. The number of nitrogen functional groups attached to an aromatic ring is 1. The summed E-state index contributed by atoms with van der Waals surface area (Å²) in [5, 5.41) is 0.00231. The Kier molecular flexibility index (Phi) is 1.53. The predicted molar refractivity (Wildman–Crippen MR) is 33.6 cm³/mol. The van der Waals surface area contributed by atoms with Crippen LogP contribution in [0.5, 0.6) is 0 Å². The number of hydrogen-bond donors (Lipinski definition) is 1. The zero-order valence-corrected chi connectivity index (χ0v) is 5.19. The summed E-state index contributed by atoms with van der Waals surface area (Å²) in [4.78, 5) is 3.46. The fraction of sp³-hybridized carbons (Fsp3) is 0. The highest BCUT2D eigenvalue weighted by Gasteiger charge is 1.97. The minimum atomic E-state index is -0.550. The standard InChI is InChI=1S/C5H4ClFN2/c6-3-1-5(8)9-2-4(3)7/h1-2H,(H2,8,9). The van der Waals surface area contributed by atoms with Gasteiger partial charge in [-0.1, -0.05) is 11.6 Å². The van der Waals surface area contributed by atoms with Crippen LogP contribution < -0.4 is 5.73 Å². The maximum Gasteiger partial charge on any atom is 0.160 e. The van der Waals surface area contributed by atoms with Gasteiger partial charge in [-0.15, -0.1) is 0 Å². The molecule has 0 spiro atoms. The van der Waals surface area contributed by atoms with Crippen molar-refractivity contribution in [2.75, 3.05) is 5.73 Å². The molecule has 2 N–H and O–H groups in total. The van der Waals surface area contributed by atoms with Crippen LogP contribution in [0, 0.1) is 5.82 Å². The van der Waals surface area contributed by atoms with Crippen molar-refractivity contribution in [3.8, 4) is 0 Å². The molecule has 1 heterocycles. The number of pyridine rings is 1. The highest BCUT2D eigenvalue weighted by molar-refractivity contribution is 6.30. The van der Waals surface area contributed by atoms with Gasteiger partial charge in [0.1, 0.15) is 5.82 Å². The Morgan fingerprint density at radius 3 is 2.78 bits per heavy atom. The maximum absolute atomic E-state index is 12.2. The summed E-state index contributed by atoms with van der Waals surface area (Å²) in [5.74, 6) is -0.327. The van der Waals surface area contributed by atoms with E-state index >= 15 is 0 Å². The van der Waals surface area contributed by atoms with Crippen molar-refractivity contribution in [2.24, 2.45) is 0 Å². The van der Waals surface area contributed by atoms with E-state index in [9.17, 15) is 4.39 Å². The molecule has 0 bridgehead atoms. The molecule has 0 atom stereocenters.